The molecule has 0 saturated heterocycles. The minimum atomic E-state index is -0.0246. The summed E-state index contributed by atoms with van der Waals surface area (Å²) in [5.74, 6) is 0.467. The van der Waals surface area contributed by atoms with Gasteiger partial charge < -0.3 is 0 Å². The van der Waals surface area contributed by atoms with E-state index >= 15 is 0 Å². The number of rotatable bonds is 2. The number of benzene rings is 2. The summed E-state index contributed by atoms with van der Waals surface area (Å²) in [7, 11) is 0. The molecule has 182 valence electrons. The predicted molar refractivity (Wildman–Crippen MR) is 150 cm³/mol. The second-order valence-corrected chi connectivity index (χ2v) is 14.5. The monoisotopic (exact) mass is 454 g/mol. The summed E-state index contributed by atoms with van der Waals surface area (Å²) in [6.45, 7) is 28.3. The lowest BCUT2D eigenvalue weighted by Crippen LogP contribution is -2.26. The summed E-state index contributed by atoms with van der Waals surface area (Å²) < 4.78 is 0. The van der Waals surface area contributed by atoms with Gasteiger partial charge in [0.2, 0.25) is 0 Å². The molecule has 0 bridgehead atoms. The first-order valence-corrected chi connectivity index (χ1v) is 13.2. The Labute approximate surface area is 209 Å². The van der Waals surface area contributed by atoms with Crippen LogP contribution in [0.1, 0.15) is 111 Å². The molecule has 0 radical (unpaired) electrons. The third kappa shape index (κ3) is 4.23. The topological polar surface area (TPSA) is 0 Å². The summed E-state index contributed by atoms with van der Waals surface area (Å²) in [6, 6.07) is 12.2. The van der Waals surface area contributed by atoms with Crippen LogP contribution in [0.25, 0.3) is 11.1 Å². The Morgan fingerprint density at radius 2 is 1.26 bits per heavy atom. The Bertz CT molecular complexity index is 1190. The maximum atomic E-state index is 2.54. The van der Waals surface area contributed by atoms with Gasteiger partial charge in [0, 0.05) is 5.41 Å². The van der Waals surface area contributed by atoms with Crippen molar-refractivity contribution < 1.29 is 0 Å². The van der Waals surface area contributed by atoms with Gasteiger partial charge in [-0.15, -0.1) is 0 Å². The second kappa shape index (κ2) is 7.71. The van der Waals surface area contributed by atoms with E-state index < -0.39 is 0 Å². The predicted octanol–water partition coefficient (Wildman–Crippen LogP) is 9.68. The van der Waals surface area contributed by atoms with Crippen LogP contribution in [0.3, 0.4) is 0 Å². The average molecular weight is 455 g/mol. The number of hydrogen-bond acceptors (Lipinski definition) is 0. The van der Waals surface area contributed by atoms with E-state index in [1.807, 2.05) is 0 Å². The molecule has 0 N–H and O–H groups in total. The summed E-state index contributed by atoms with van der Waals surface area (Å²) in [5, 5.41) is 0. The Kier molecular flexibility index (Phi) is 5.67. The van der Waals surface area contributed by atoms with Crippen molar-refractivity contribution in [2.75, 3.05) is 0 Å². The van der Waals surface area contributed by atoms with Crippen molar-refractivity contribution in [1.82, 2.24) is 0 Å². The van der Waals surface area contributed by atoms with Crippen LogP contribution in [0, 0.1) is 11.3 Å². The summed E-state index contributed by atoms with van der Waals surface area (Å²) in [6.07, 6.45) is 6.05. The van der Waals surface area contributed by atoms with Gasteiger partial charge in [-0.2, -0.15) is 0 Å². The minimum Gasteiger partial charge on any atom is -0.0738 e. The zero-order chi connectivity index (χ0) is 25.4. The largest absolute Gasteiger partial charge is 0.0738 e. The van der Waals surface area contributed by atoms with Gasteiger partial charge in [-0.1, -0.05) is 131 Å². The van der Waals surface area contributed by atoms with Crippen LogP contribution in [0.5, 0.6) is 0 Å². The quantitative estimate of drug-likeness (QED) is 0.361. The molecule has 2 aliphatic rings. The Morgan fingerprint density at radius 1 is 0.676 bits per heavy atom. The van der Waals surface area contributed by atoms with Crippen LogP contribution in [0.2, 0.25) is 0 Å². The van der Waals surface area contributed by atoms with Crippen molar-refractivity contribution in [3.05, 3.63) is 81.4 Å². The normalized spacial score (nSPS) is 18.5. The molecular weight excluding hydrogens is 408 g/mol. The van der Waals surface area contributed by atoms with Gasteiger partial charge >= 0.3 is 0 Å². The Hall–Kier alpha value is -2.08. The average Bonchev–Trinajstić information content (AvgIpc) is 3.26. The van der Waals surface area contributed by atoms with E-state index in [0.29, 0.717) is 5.92 Å². The molecule has 34 heavy (non-hydrogen) atoms. The van der Waals surface area contributed by atoms with Crippen molar-refractivity contribution in [2.45, 2.75) is 106 Å². The maximum absolute atomic E-state index is 2.54. The number of hydrogen-bond donors (Lipinski definition) is 0. The van der Waals surface area contributed by atoms with Gasteiger partial charge in [-0.05, 0) is 73.1 Å². The van der Waals surface area contributed by atoms with Gasteiger partial charge in [0.15, 0.2) is 0 Å². The molecule has 0 fully saturated rings. The molecule has 0 heteroatoms. The van der Waals surface area contributed by atoms with E-state index in [-0.39, 0.29) is 21.7 Å². The zero-order valence-electron chi connectivity index (χ0n) is 23.8. The fraction of sp³-hybridized carbons (Fsp3) is 0.529. The molecule has 0 nitrogen and oxygen atoms in total. The fourth-order valence-electron chi connectivity index (χ4n) is 5.81. The van der Waals surface area contributed by atoms with Crippen LogP contribution in [0.4, 0.5) is 0 Å². The van der Waals surface area contributed by atoms with Gasteiger partial charge in [0.25, 0.3) is 0 Å². The molecule has 0 aromatic heterocycles. The highest BCUT2D eigenvalue weighted by molar-refractivity contribution is 5.80. The van der Waals surface area contributed by atoms with E-state index in [1.165, 1.54) is 44.5 Å². The lowest BCUT2D eigenvalue weighted by atomic mass is 9.70. The first kappa shape index (κ1) is 25.0. The van der Waals surface area contributed by atoms with Crippen molar-refractivity contribution in [2.24, 2.45) is 11.3 Å². The lowest BCUT2D eigenvalue weighted by Gasteiger charge is -2.34. The number of fused-ring (bicyclic) bond motifs is 3. The van der Waals surface area contributed by atoms with E-state index in [1.54, 1.807) is 5.57 Å². The zero-order valence-corrected chi connectivity index (χ0v) is 23.8. The van der Waals surface area contributed by atoms with Crippen molar-refractivity contribution in [3.8, 4) is 11.1 Å². The lowest BCUT2D eigenvalue weighted by molar-refractivity contribution is 0.516. The molecule has 0 heterocycles. The number of allylic oxidation sites excluding steroid dienone is 4. The first-order chi connectivity index (χ1) is 15.4. The smallest absolute Gasteiger partial charge is 0.0117 e. The molecule has 0 saturated carbocycles. The molecule has 0 amide bonds. The van der Waals surface area contributed by atoms with Gasteiger partial charge in [0.05, 0.1) is 0 Å². The summed E-state index contributed by atoms with van der Waals surface area (Å²) >= 11 is 0. The SMILES string of the molecule is CC1C=C(C(C)(C)C)C=C1C(C)(C)c1cc(C(C)(C)C)cc2c1Cc1ccc(C(C)(C)C)cc1-2. The molecule has 2 aromatic rings. The highest BCUT2D eigenvalue weighted by Gasteiger charge is 2.38. The first-order valence-electron chi connectivity index (χ1n) is 13.2. The van der Waals surface area contributed by atoms with Crippen molar-refractivity contribution >= 4 is 0 Å². The summed E-state index contributed by atoms with van der Waals surface area (Å²) in [5.41, 5.74) is 13.8. The van der Waals surface area contributed by atoms with Crippen LogP contribution < -0.4 is 0 Å². The second-order valence-electron chi connectivity index (χ2n) is 14.5. The van der Waals surface area contributed by atoms with Crippen LogP contribution in [-0.4, -0.2) is 0 Å². The molecule has 1 atom stereocenters. The molecular formula is C34H46. The standard InChI is InChI=1S/C34H46/c1-21-15-24(32(5,6)7)19-29(21)34(11,12)30-20-25(33(8,9)10)18-27-26-17-23(31(2,3)4)14-13-22(26)16-28(27)30/h13-15,17-21H,16H2,1-12H3. The molecule has 1 unspecified atom stereocenters. The van der Waals surface area contributed by atoms with Crippen molar-refractivity contribution in [1.29, 1.82) is 0 Å². The van der Waals surface area contributed by atoms with E-state index in [4.69, 9.17) is 0 Å². The van der Waals surface area contributed by atoms with Gasteiger partial charge in [0.1, 0.15) is 0 Å². The molecule has 0 spiro atoms. The molecule has 4 rings (SSSR count). The fourth-order valence-corrected chi connectivity index (χ4v) is 5.81. The highest BCUT2D eigenvalue weighted by Crippen LogP contribution is 2.50. The van der Waals surface area contributed by atoms with E-state index in [2.05, 4.69) is 126 Å². The van der Waals surface area contributed by atoms with Crippen LogP contribution in [-0.2, 0) is 22.7 Å². The Morgan fingerprint density at radius 3 is 1.79 bits per heavy atom. The van der Waals surface area contributed by atoms with E-state index in [9.17, 15) is 0 Å². The molecule has 2 aromatic carbocycles. The third-order valence-electron chi connectivity index (χ3n) is 8.24. The van der Waals surface area contributed by atoms with Crippen LogP contribution in [0.15, 0.2) is 53.6 Å². The summed E-state index contributed by atoms with van der Waals surface area (Å²) in [4.78, 5) is 0. The minimum absolute atomic E-state index is 0.0246. The van der Waals surface area contributed by atoms with Gasteiger partial charge in [-0.3, -0.25) is 0 Å². The highest BCUT2D eigenvalue weighted by atomic mass is 14.4. The van der Waals surface area contributed by atoms with Gasteiger partial charge in [-0.25, -0.2) is 0 Å². The van der Waals surface area contributed by atoms with Crippen LogP contribution >= 0.6 is 0 Å². The maximum Gasteiger partial charge on any atom is 0.0117 e. The molecule has 0 aliphatic heterocycles. The van der Waals surface area contributed by atoms with Crippen molar-refractivity contribution in [3.63, 3.8) is 0 Å². The molecule has 2 aliphatic carbocycles. The van der Waals surface area contributed by atoms with E-state index in [0.717, 1.165) is 6.42 Å². The third-order valence-corrected chi connectivity index (χ3v) is 8.24. The Balaban J connectivity index is 1.93.